The Bertz CT molecular complexity index is 269. The van der Waals surface area contributed by atoms with Crippen LogP contribution in [0.1, 0.15) is 19.3 Å². The van der Waals surface area contributed by atoms with E-state index in [9.17, 15) is 0 Å². The molecule has 3 nitrogen and oxygen atoms in total. The summed E-state index contributed by atoms with van der Waals surface area (Å²) in [6.45, 7) is 0.345. The van der Waals surface area contributed by atoms with Crippen LogP contribution in [0.3, 0.4) is 0 Å². The number of allylic oxidation sites excluding steroid dienone is 1. The predicted octanol–water partition coefficient (Wildman–Crippen LogP) is 1.54. The monoisotopic (exact) mass is 178 g/mol. The Kier molecular flexibility index (Phi) is 1.56. The van der Waals surface area contributed by atoms with Gasteiger partial charge in [-0.05, 0) is 36.7 Å². The first kappa shape index (κ1) is 7.68. The maximum Gasteiger partial charge on any atom is 0.0940 e. The Morgan fingerprint density at radius 3 is 2.46 bits per heavy atom. The molecule has 70 valence electrons. The van der Waals surface area contributed by atoms with Crippen molar-refractivity contribution in [2.24, 2.45) is 22.1 Å². The van der Waals surface area contributed by atoms with Crippen molar-refractivity contribution in [1.82, 2.24) is 0 Å². The lowest BCUT2D eigenvalue weighted by atomic mass is 10.1. The second-order valence-corrected chi connectivity index (χ2v) is 4.35. The molecule has 1 N–H and O–H groups in total. The van der Waals surface area contributed by atoms with E-state index in [1.165, 1.54) is 24.8 Å². The van der Waals surface area contributed by atoms with Crippen LogP contribution in [0.4, 0.5) is 0 Å². The quantitative estimate of drug-likeness (QED) is 0.640. The highest BCUT2D eigenvalue weighted by atomic mass is 16.3. The first-order valence-corrected chi connectivity index (χ1v) is 5.11. The molecule has 4 atom stereocenters. The van der Waals surface area contributed by atoms with Crippen molar-refractivity contribution in [2.75, 3.05) is 6.61 Å². The van der Waals surface area contributed by atoms with Gasteiger partial charge in [-0.25, -0.2) is 0 Å². The van der Waals surface area contributed by atoms with Crippen molar-refractivity contribution in [1.29, 1.82) is 0 Å². The van der Waals surface area contributed by atoms with E-state index in [-0.39, 0.29) is 0 Å². The summed E-state index contributed by atoms with van der Waals surface area (Å²) in [5.74, 6) is 1.17. The average molecular weight is 178 g/mol. The van der Waals surface area contributed by atoms with Gasteiger partial charge in [-0.1, -0.05) is 6.08 Å². The van der Waals surface area contributed by atoms with E-state index < -0.39 is 0 Å². The summed E-state index contributed by atoms with van der Waals surface area (Å²) >= 11 is 0. The van der Waals surface area contributed by atoms with Gasteiger partial charge >= 0.3 is 0 Å². The maximum absolute atomic E-state index is 8.92. The summed E-state index contributed by atoms with van der Waals surface area (Å²) < 4.78 is 0. The molecule has 3 aliphatic rings. The van der Waals surface area contributed by atoms with Gasteiger partial charge < -0.3 is 5.11 Å². The van der Waals surface area contributed by atoms with Crippen LogP contribution in [0.5, 0.6) is 0 Å². The van der Waals surface area contributed by atoms with Gasteiger partial charge in [0.25, 0.3) is 0 Å². The van der Waals surface area contributed by atoms with Crippen LogP contribution in [0.15, 0.2) is 21.9 Å². The van der Waals surface area contributed by atoms with Gasteiger partial charge in [0, 0.05) is 6.61 Å². The van der Waals surface area contributed by atoms with Gasteiger partial charge in [0.2, 0.25) is 0 Å². The van der Waals surface area contributed by atoms with E-state index in [2.05, 4.69) is 16.3 Å². The third kappa shape index (κ3) is 1.14. The second kappa shape index (κ2) is 2.64. The lowest BCUT2D eigenvalue weighted by Gasteiger charge is -1.99. The van der Waals surface area contributed by atoms with Crippen molar-refractivity contribution in [3.8, 4) is 0 Å². The largest absolute Gasteiger partial charge is 0.396 e. The van der Waals surface area contributed by atoms with Gasteiger partial charge in [-0.3, -0.25) is 0 Å². The van der Waals surface area contributed by atoms with Crippen LogP contribution in [-0.4, -0.2) is 23.8 Å². The van der Waals surface area contributed by atoms with Crippen LogP contribution in [0.25, 0.3) is 0 Å². The standard InChI is InChI=1S/C10H14N2O/c13-5-7-3-6(7)4-8-9-1-2-10(8)12-11-9/h4,6-7,9-10,13H,1-3,5H2. The van der Waals surface area contributed by atoms with E-state index in [1.54, 1.807) is 0 Å². The van der Waals surface area contributed by atoms with E-state index in [1.807, 2.05) is 0 Å². The first-order chi connectivity index (χ1) is 6.38. The number of azo groups is 1. The lowest BCUT2D eigenvalue weighted by Crippen LogP contribution is -2.00. The molecule has 0 radical (unpaired) electrons. The maximum atomic E-state index is 8.92. The normalized spacial score (nSPS) is 45.8. The molecule has 0 aromatic carbocycles. The van der Waals surface area contributed by atoms with Gasteiger partial charge in [0.1, 0.15) is 0 Å². The molecule has 0 amide bonds. The molecular weight excluding hydrogens is 164 g/mol. The fourth-order valence-corrected chi connectivity index (χ4v) is 2.44. The molecular formula is C10H14N2O. The molecule has 2 aliphatic carbocycles. The molecule has 2 bridgehead atoms. The Balaban J connectivity index is 1.74. The highest BCUT2D eigenvalue weighted by molar-refractivity contribution is 5.28. The Morgan fingerprint density at radius 2 is 2.00 bits per heavy atom. The number of rotatable bonds is 2. The number of aliphatic hydroxyl groups is 1. The average Bonchev–Trinajstić information content (AvgIpc) is 2.70. The van der Waals surface area contributed by atoms with Crippen LogP contribution in [0.2, 0.25) is 0 Å². The summed E-state index contributed by atoms with van der Waals surface area (Å²) in [4.78, 5) is 0. The van der Waals surface area contributed by atoms with E-state index >= 15 is 0 Å². The number of fused-ring (bicyclic) bond motifs is 2. The molecule has 0 spiro atoms. The summed E-state index contributed by atoms with van der Waals surface area (Å²) in [6.07, 6.45) is 5.88. The van der Waals surface area contributed by atoms with Crippen molar-refractivity contribution in [3.63, 3.8) is 0 Å². The van der Waals surface area contributed by atoms with Crippen molar-refractivity contribution in [2.45, 2.75) is 31.3 Å². The van der Waals surface area contributed by atoms with Crippen molar-refractivity contribution >= 4 is 0 Å². The molecule has 3 heteroatoms. The highest BCUT2D eigenvalue weighted by Gasteiger charge is 2.40. The highest BCUT2D eigenvalue weighted by Crippen LogP contribution is 2.44. The molecule has 2 saturated carbocycles. The Labute approximate surface area is 77.6 Å². The van der Waals surface area contributed by atoms with Crippen molar-refractivity contribution < 1.29 is 5.11 Å². The summed E-state index contributed by atoms with van der Waals surface area (Å²) in [6, 6.07) is 0.815. The molecule has 2 fully saturated rings. The first-order valence-electron chi connectivity index (χ1n) is 5.11. The minimum absolute atomic E-state index is 0.345. The topological polar surface area (TPSA) is 45.0 Å². The molecule has 3 rings (SSSR count). The van der Waals surface area contributed by atoms with Crippen molar-refractivity contribution in [3.05, 3.63) is 11.6 Å². The van der Waals surface area contributed by atoms with Crippen LogP contribution >= 0.6 is 0 Å². The molecule has 1 aliphatic heterocycles. The van der Waals surface area contributed by atoms with Gasteiger partial charge in [0.15, 0.2) is 0 Å². The fraction of sp³-hybridized carbons (Fsp3) is 0.800. The van der Waals surface area contributed by atoms with Gasteiger partial charge in [-0.15, -0.1) is 0 Å². The molecule has 0 aromatic rings. The van der Waals surface area contributed by atoms with E-state index in [0.717, 1.165) is 0 Å². The summed E-state index contributed by atoms with van der Waals surface area (Å²) in [5.41, 5.74) is 1.45. The second-order valence-electron chi connectivity index (χ2n) is 4.35. The zero-order valence-corrected chi connectivity index (χ0v) is 7.56. The summed E-state index contributed by atoms with van der Waals surface area (Å²) in [5, 5.41) is 17.3. The number of hydrogen-bond donors (Lipinski definition) is 1. The summed E-state index contributed by atoms with van der Waals surface area (Å²) in [7, 11) is 0. The number of nitrogens with zero attached hydrogens (tertiary/aromatic N) is 2. The molecule has 0 saturated heterocycles. The fourth-order valence-electron chi connectivity index (χ4n) is 2.44. The Morgan fingerprint density at radius 1 is 1.31 bits per heavy atom. The third-order valence-corrected chi connectivity index (χ3v) is 3.45. The molecule has 13 heavy (non-hydrogen) atoms. The third-order valence-electron chi connectivity index (χ3n) is 3.45. The molecule has 1 heterocycles. The predicted molar refractivity (Wildman–Crippen MR) is 48.4 cm³/mol. The smallest absolute Gasteiger partial charge is 0.0940 e. The Hall–Kier alpha value is -0.700. The minimum Gasteiger partial charge on any atom is -0.396 e. The number of aliphatic hydroxyl groups excluding tert-OH is 1. The van der Waals surface area contributed by atoms with E-state index in [4.69, 9.17) is 5.11 Å². The molecule has 4 unspecified atom stereocenters. The van der Waals surface area contributed by atoms with E-state index in [0.29, 0.717) is 30.5 Å². The van der Waals surface area contributed by atoms with Crippen LogP contribution in [0, 0.1) is 11.8 Å². The minimum atomic E-state index is 0.345. The van der Waals surface area contributed by atoms with Gasteiger partial charge in [-0.2, -0.15) is 10.2 Å². The molecule has 0 aromatic heterocycles. The zero-order chi connectivity index (χ0) is 8.84. The SMILES string of the molecule is OCC1CC1C=C1C2CCC1N=N2. The zero-order valence-electron chi connectivity index (χ0n) is 7.56. The van der Waals surface area contributed by atoms with Crippen LogP contribution in [-0.2, 0) is 0 Å². The van der Waals surface area contributed by atoms with Gasteiger partial charge in [0.05, 0.1) is 12.1 Å². The van der Waals surface area contributed by atoms with Crippen LogP contribution < -0.4 is 0 Å². The number of hydrogen-bond acceptors (Lipinski definition) is 3. The lowest BCUT2D eigenvalue weighted by molar-refractivity contribution is 0.272.